The summed E-state index contributed by atoms with van der Waals surface area (Å²) in [5.41, 5.74) is 2.30. The van der Waals surface area contributed by atoms with Crippen molar-refractivity contribution < 1.29 is 9.53 Å². The van der Waals surface area contributed by atoms with Gasteiger partial charge in [0.2, 0.25) is 5.91 Å². The molecule has 9 heteroatoms. The molecule has 2 aromatic carbocycles. The summed E-state index contributed by atoms with van der Waals surface area (Å²) in [5.74, 6) is 0.804. The number of amides is 1. The van der Waals surface area contributed by atoms with Crippen molar-refractivity contribution >= 4 is 17.4 Å². The number of anilines is 2. The number of ether oxygens (including phenoxy) is 1. The third-order valence-corrected chi connectivity index (χ3v) is 5.72. The smallest absolute Gasteiger partial charge is 0.329 e. The number of rotatable bonds is 10. The van der Waals surface area contributed by atoms with Crippen LogP contribution in [0.5, 0.6) is 5.75 Å². The van der Waals surface area contributed by atoms with Gasteiger partial charge in [-0.1, -0.05) is 26.0 Å². The molecule has 0 saturated carbocycles. The van der Waals surface area contributed by atoms with E-state index in [1.54, 1.807) is 19.2 Å². The predicted octanol–water partition coefficient (Wildman–Crippen LogP) is 3.69. The van der Waals surface area contributed by atoms with E-state index in [1.165, 1.54) is 4.57 Å². The van der Waals surface area contributed by atoms with Crippen LogP contribution in [0.4, 0.5) is 11.5 Å². The topological polar surface area (TPSA) is 129 Å². The van der Waals surface area contributed by atoms with Crippen molar-refractivity contribution in [1.82, 2.24) is 14.9 Å². The standard InChI is InChI=1S/C27H31N5O4/c1-17(2)24-25(30-21-13-18(3)12-20(14-21)15-28)32(27(35)31-26(24)34)11-5-6-23(33)29-16-19-7-9-22(36-4)10-8-19/h7-10,12-14,17,30H,5-6,11,16H2,1-4H3,(H,29,33)(H,31,34,35). The van der Waals surface area contributed by atoms with Crippen LogP contribution in [0.25, 0.3) is 0 Å². The van der Waals surface area contributed by atoms with Crippen LogP contribution in [0.15, 0.2) is 52.1 Å². The zero-order valence-electron chi connectivity index (χ0n) is 21.0. The third kappa shape index (κ3) is 6.63. The minimum atomic E-state index is -0.557. The van der Waals surface area contributed by atoms with Crippen LogP contribution in [0.1, 0.15) is 54.9 Å². The van der Waals surface area contributed by atoms with E-state index in [4.69, 9.17) is 4.74 Å². The molecule has 3 aromatic rings. The fourth-order valence-electron chi connectivity index (χ4n) is 3.96. The Kier molecular flexibility index (Phi) is 8.68. The SMILES string of the molecule is COc1ccc(CNC(=O)CCCn2c(Nc3cc(C)cc(C#N)c3)c(C(C)C)c(=O)[nH]c2=O)cc1. The van der Waals surface area contributed by atoms with Crippen LogP contribution in [-0.4, -0.2) is 22.6 Å². The van der Waals surface area contributed by atoms with Crippen molar-refractivity contribution in [2.45, 2.75) is 52.6 Å². The van der Waals surface area contributed by atoms with Gasteiger partial charge in [-0.3, -0.25) is 19.1 Å². The summed E-state index contributed by atoms with van der Waals surface area (Å²) >= 11 is 0. The van der Waals surface area contributed by atoms with Gasteiger partial charge < -0.3 is 15.4 Å². The molecule has 0 aliphatic rings. The number of H-pyrrole nitrogens is 1. The number of aryl methyl sites for hydroxylation is 1. The number of hydrogen-bond acceptors (Lipinski definition) is 6. The Morgan fingerprint density at radius 1 is 1.17 bits per heavy atom. The van der Waals surface area contributed by atoms with Crippen LogP contribution in [0.3, 0.4) is 0 Å². The molecular formula is C27H31N5O4. The van der Waals surface area contributed by atoms with E-state index >= 15 is 0 Å². The second kappa shape index (κ2) is 11.9. The van der Waals surface area contributed by atoms with Crippen LogP contribution >= 0.6 is 0 Å². The maximum atomic E-state index is 12.8. The van der Waals surface area contributed by atoms with E-state index in [9.17, 15) is 19.6 Å². The molecule has 1 amide bonds. The highest BCUT2D eigenvalue weighted by molar-refractivity contribution is 5.75. The third-order valence-electron chi connectivity index (χ3n) is 5.72. The lowest BCUT2D eigenvalue weighted by atomic mass is 10.0. The first-order valence-electron chi connectivity index (χ1n) is 11.8. The highest BCUT2D eigenvalue weighted by Gasteiger charge is 2.18. The summed E-state index contributed by atoms with van der Waals surface area (Å²) in [6.45, 7) is 6.22. The maximum absolute atomic E-state index is 12.8. The molecule has 9 nitrogen and oxygen atoms in total. The summed E-state index contributed by atoms with van der Waals surface area (Å²) in [7, 11) is 1.60. The van der Waals surface area contributed by atoms with Crippen LogP contribution in [0.2, 0.25) is 0 Å². The quantitative estimate of drug-likeness (QED) is 0.398. The molecule has 3 N–H and O–H groups in total. The molecule has 0 aliphatic carbocycles. The molecule has 3 rings (SSSR count). The first kappa shape index (κ1) is 26.3. The van der Waals surface area contributed by atoms with Crippen molar-refractivity contribution in [3.05, 3.63) is 85.6 Å². The number of carbonyl (C=O) groups is 1. The molecule has 0 unspecified atom stereocenters. The zero-order chi connectivity index (χ0) is 26.2. The number of benzene rings is 2. The number of aromatic amines is 1. The normalized spacial score (nSPS) is 10.7. The van der Waals surface area contributed by atoms with Crippen molar-refractivity contribution in [2.24, 2.45) is 0 Å². The molecular weight excluding hydrogens is 458 g/mol. The summed E-state index contributed by atoms with van der Waals surface area (Å²) in [6, 6.07) is 14.8. The number of carbonyl (C=O) groups excluding carboxylic acids is 1. The van der Waals surface area contributed by atoms with Crippen molar-refractivity contribution in [1.29, 1.82) is 5.26 Å². The van der Waals surface area contributed by atoms with Crippen LogP contribution in [0, 0.1) is 18.3 Å². The summed E-state index contributed by atoms with van der Waals surface area (Å²) in [5, 5.41) is 15.4. The molecule has 188 valence electrons. The van der Waals surface area contributed by atoms with E-state index in [-0.39, 0.29) is 24.8 Å². The van der Waals surface area contributed by atoms with Gasteiger partial charge in [0.15, 0.2) is 0 Å². The van der Waals surface area contributed by atoms with Crippen LogP contribution in [-0.2, 0) is 17.9 Å². The Bertz CT molecular complexity index is 1380. The zero-order valence-corrected chi connectivity index (χ0v) is 21.0. The molecule has 0 radical (unpaired) electrons. The Morgan fingerprint density at radius 2 is 1.89 bits per heavy atom. The van der Waals surface area contributed by atoms with Gasteiger partial charge in [-0.05, 0) is 60.7 Å². The van der Waals surface area contributed by atoms with E-state index in [1.807, 2.05) is 51.1 Å². The predicted molar refractivity (Wildman–Crippen MR) is 139 cm³/mol. The number of nitrogens with one attached hydrogen (secondary N) is 3. The van der Waals surface area contributed by atoms with Crippen molar-refractivity contribution in [2.75, 3.05) is 12.4 Å². The Morgan fingerprint density at radius 3 is 2.53 bits per heavy atom. The molecule has 0 spiro atoms. The lowest BCUT2D eigenvalue weighted by molar-refractivity contribution is -0.121. The first-order chi connectivity index (χ1) is 17.2. The van der Waals surface area contributed by atoms with E-state index in [0.29, 0.717) is 35.6 Å². The van der Waals surface area contributed by atoms with Gasteiger partial charge in [-0.2, -0.15) is 5.26 Å². The van der Waals surface area contributed by atoms with Gasteiger partial charge in [-0.15, -0.1) is 0 Å². The van der Waals surface area contributed by atoms with Crippen molar-refractivity contribution in [3.8, 4) is 11.8 Å². The monoisotopic (exact) mass is 489 g/mol. The fourth-order valence-corrected chi connectivity index (χ4v) is 3.96. The van der Waals surface area contributed by atoms with Gasteiger partial charge in [-0.25, -0.2) is 4.79 Å². The molecule has 0 atom stereocenters. The van der Waals surface area contributed by atoms with E-state index in [2.05, 4.69) is 21.7 Å². The Balaban J connectivity index is 1.76. The molecule has 1 aromatic heterocycles. The van der Waals surface area contributed by atoms with Gasteiger partial charge in [0.1, 0.15) is 11.6 Å². The van der Waals surface area contributed by atoms with Gasteiger partial charge in [0.25, 0.3) is 5.56 Å². The Hall–Kier alpha value is -4.32. The van der Waals surface area contributed by atoms with Crippen molar-refractivity contribution in [3.63, 3.8) is 0 Å². The number of nitriles is 1. The lowest BCUT2D eigenvalue weighted by Crippen LogP contribution is -2.35. The maximum Gasteiger partial charge on any atom is 0.329 e. The average molecular weight is 490 g/mol. The number of aromatic nitrogens is 2. The molecule has 1 heterocycles. The number of nitrogens with zero attached hydrogens (tertiary/aromatic N) is 2. The summed E-state index contributed by atoms with van der Waals surface area (Å²) in [6.07, 6.45) is 0.602. The molecule has 0 fully saturated rings. The summed E-state index contributed by atoms with van der Waals surface area (Å²) in [4.78, 5) is 40.2. The second-order valence-corrected chi connectivity index (χ2v) is 8.88. The summed E-state index contributed by atoms with van der Waals surface area (Å²) < 4.78 is 6.58. The molecule has 0 aliphatic heterocycles. The number of hydrogen-bond donors (Lipinski definition) is 3. The molecule has 36 heavy (non-hydrogen) atoms. The lowest BCUT2D eigenvalue weighted by Gasteiger charge is -2.20. The highest BCUT2D eigenvalue weighted by Crippen LogP contribution is 2.25. The number of methoxy groups -OCH3 is 1. The average Bonchev–Trinajstić information content (AvgIpc) is 2.84. The fraction of sp³-hybridized carbons (Fsp3) is 0.333. The van der Waals surface area contributed by atoms with Crippen LogP contribution < -0.4 is 26.6 Å². The van der Waals surface area contributed by atoms with Gasteiger partial charge in [0.05, 0.1) is 24.3 Å². The largest absolute Gasteiger partial charge is 0.497 e. The minimum absolute atomic E-state index is 0.140. The Labute approximate surface area is 209 Å². The second-order valence-electron chi connectivity index (χ2n) is 8.88. The van der Waals surface area contributed by atoms with E-state index in [0.717, 1.165) is 16.9 Å². The highest BCUT2D eigenvalue weighted by atomic mass is 16.5. The van der Waals surface area contributed by atoms with E-state index < -0.39 is 11.2 Å². The molecule has 0 bridgehead atoms. The van der Waals surface area contributed by atoms with Gasteiger partial charge >= 0.3 is 5.69 Å². The molecule has 0 saturated heterocycles. The minimum Gasteiger partial charge on any atom is -0.497 e. The van der Waals surface area contributed by atoms with Gasteiger partial charge in [0, 0.05) is 25.2 Å². The first-order valence-corrected chi connectivity index (χ1v) is 11.8.